The summed E-state index contributed by atoms with van der Waals surface area (Å²) in [5, 5.41) is 0.640. The minimum atomic E-state index is -0.311. The Bertz CT molecular complexity index is 781. The highest BCUT2D eigenvalue weighted by Gasteiger charge is 2.16. The van der Waals surface area contributed by atoms with Crippen molar-refractivity contribution < 1.29 is 9.15 Å². The first-order valence-corrected chi connectivity index (χ1v) is 13.0. The summed E-state index contributed by atoms with van der Waals surface area (Å²) in [4.78, 5) is 19.0. The van der Waals surface area contributed by atoms with Gasteiger partial charge in [0.25, 0.3) is 0 Å². The van der Waals surface area contributed by atoms with Crippen LogP contribution in [-0.4, -0.2) is 11.6 Å². The number of thiophene rings is 1. The van der Waals surface area contributed by atoms with E-state index >= 15 is 0 Å². The molecule has 0 atom stereocenters. The predicted octanol–water partition coefficient (Wildman–Crippen LogP) is 7.98. The van der Waals surface area contributed by atoms with Crippen LogP contribution in [0.3, 0.4) is 0 Å². The third kappa shape index (κ3) is 8.41. The number of unbranched alkanes of at least 4 members (excludes halogenated alkanes) is 12. The summed E-state index contributed by atoms with van der Waals surface area (Å²) >= 11 is 1.63. The molecule has 2 rings (SSSR count). The number of aromatic nitrogens is 1. The van der Waals surface area contributed by atoms with Gasteiger partial charge in [0.1, 0.15) is 10.2 Å². The number of hydrogen-bond donors (Lipinski definition) is 0. The normalized spacial score (nSPS) is 11.4. The van der Waals surface area contributed by atoms with Crippen LogP contribution in [0.2, 0.25) is 0 Å². The van der Waals surface area contributed by atoms with E-state index in [0.717, 1.165) is 29.7 Å². The number of fused-ring (bicyclic) bond motifs is 1. The summed E-state index contributed by atoms with van der Waals surface area (Å²) in [6.45, 7) is 7.07. The molecule has 30 heavy (non-hydrogen) atoms. The highest BCUT2D eigenvalue weighted by Crippen LogP contribution is 2.30. The van der Waals surface area contributed by atoms with Gasteiger partial charge in [0.15, 0.2) is 0 Å². The van der Waals surface area contributed by atoms with Crippen molar-refractivity contribution in [1.82, 2.24) is 4.98 Å². The van der Waals surface area contributed by atoms with Crippen molar-refractivity contribution in [1.29, 1.82) is 0 Å². The van der Waals surface area contributed by atoms with Gasteiger partial charge in [-0.2, -0.15) is 4.98 Å². The lowest BCUT2D eigenvalue weighted by Gasteiger charge is -2.03. The van der Waals surface area contributed by atoms with Crippen LogP contribution in [0.4, 0.5) is 0 Å². The number of ether oxygens (including phenoxy) is 1. The lowest BCUT2D eigenvalue weighted by Crippen LogP contribution is -2.06. The average Bonchev–Trinajstić information content (AvgIpc) is 3.05. The van der Waals surface area contributed by atoms with Crippen LogP contribution in [0.25, 0.3) is 10.2 Å². The highest BCUT2D eigenvalue weighted by atomic mass is 32.1. The zero-order valence-electron chi connectivity index (χ0n) is 19.4. The Morgan fingerprint density at radius 3 is 2.03 bits per heavy atom. The fourth-order valence-corrected chi connectivity index (χ4v) is 5.05. The van der Waals surface area contributed by atoms with Gasteiger partial charge in [-0.1, -0.05) is 90.9 Å². The second-order valence-electron chi connectivity index (χ2n) is 8.44. The lowest BCUT2D eigenvalue weighted by molar-refractivity contribution is 0.211. The summed E-state index contributed by atoms with van der Waals surface area (Å²) in [5.74, 6) is 0. The van der Waals surface area contributed by atoms with Crippen LogP contribution in [-0.2, 0) is 6.42 Å². The molecule has 2 aromatic heterocycles. The van der Waals surface area contributed by atoms with Crippen LogP contribution < -0.4 is 10.4 Å². The molecule has 2 aromatic rings. The SMILES string of the molecule is CCCCCCCCCOc1nc2sc(CCCCCCCCC)c(C)c2c(=O)o1. The van der Waals surface area contributed by atoms with Gasteiger partial charge in [-0.05, 0) is 31.7 Å². The Kier molecular flexibility index (Phi) is 12.1. The molecule has 0 spiro atoms. The maximum Gasteiger partial charge on any atom is 0.397 e. The highest BCUT2D eigenvalue weighted by molar-refractivity contribution is 7.18. The van der Waals surface area contributed by atoms with Crippen LogP contribution in [0.1, 0.15) is 114 Å². The summed E-state index contributed by atoms with van der Waals surface area (Å²) in [5.41, 5.74) is 0.731. The molecule has 0 aliphatic carbocycles. The molecule has 0 aliphatic rings. The Hall–Kier alpha value is -1.36. The summed E-state index contributed by atoms with van der Waals surface area (Å²) in [6.07, 6.45) is 18.8. The van der Waals surface area contributed by atoms with Gasteiger partial charge in [-0.25, -0.2) is 4.79 Å². The molecule has 0 saturated heterocycles. The van der Waals surface area contributed by atoms with Crippen molar-refractivity contribution in [2.24, 2.45) is 0 Å². The lowest BCUT2D eigenvalue weighted by atomic mass is 10.1. The fraction of sp³-hybridized carbons (Fsp3) is 0.760. The molecule has 0 aromatic carbocycles. The minimum absolute atomic E-state index is 0.127. The molecule has 0 unspecified atom stereocenters. The quantitative estimate of drug-likeness (QED) is 0.236. The number of hydrogen-bond acceptors (Lipinski definition) is 5. The molecule has 0 N–H and O–H groups in total. The molecule has 0 saturated carbocycles. The van der Waals surface area contributed by atoms with Crippen LogP contribution in [0, 0.1) is 6.92 Å². The van der Waals surface area contributed by atoms with E-state index in [-0.39, 0.29) is 11.7 Å². The van der Waals surface area contributed by atoms with Crippen molar-refractivity contribution in [3.8, 4) is 6.08 Å². The Morgan fingerprint density at radius 2 is 1.40 bits per heavy atom. The van der Waals surface area contributed by atoms with E-state index in [1.807, 2.05) is 6.92 Å². The van der Waals surface area contributed by atoms with Crippen molar-refractivity contribution >= 4 is 21.6 Å². The van der Waals surface area contributed by atoms with E-state index in [2.05, 4.69) is 18.8 Å². The molecular weight excluding hydrogens is 394 g/mol. The zero-order chi connectivity index (χ0) is 21.6. The monoisotopic (exact) mass is 435 g/mol. The molecular formula is C25H41NO3S. The Balaban J connectivity index is 1.79. The number of nitrogens with zero attached hydrogens (tertiary/aromatic N) is 1. The largest absolute Gasteiger partial charge is 0.450 e. The maximum atomic E-state index is 12.5. The van der Waals surface area contributed by atoms with E-state index < -0.39 is 0 Å². The smallest absolute Gasteiger partial charge is 0.397 e. The first-order chi connectivity index (χ1) is 14.7. The molecule has 0 bridgehead atoms. The molecule has 0 aliphatic heterocycles. The van der Waals surface area contributed by atoms with Crippen molar-refractivity contribution in [3.63, 3.8) is 0 Å². The zero-order valence-corrected chi connectivity index (χ0v) is 20.2. The second-order valence-corrected chi connectivity index (χ2v) is 9.52. The van der Waals surface area contributed by atoms with Gasteiger partial charge in [0, 0.05) is 4.88 Å². The third-order valence-corrected chi connectivity index (χ3v) is 7.03. The predicted molar refractivity (Wildman–Crippen MR) is 128 cm³/mol. The summed E-state index contributed by atoms with van der Waals surface area (Å²) in [6, 6.07) is 0. The van der Waals surface area contributed by atoms with Gasteiger partial charge in [0.2, 0.25) is 0 Å². The van der Waals surface area contributed by atoms with Gasteiger partial charge in [-0.3, -0.25) is 0 Å². The van der Waals surface area contributed by atoms with E-state index in [1.165, 1.54) is 81.9 Å². The van der Waals surface area contributed by atoms with Gasteiger partial charge in [0.05, 0.1) is 6.61 Å². The standard InChI is InChI=1S/C25H41NO3S/c1-4-6-8-10-12-14-16-18-21-20(3)22-23(30-21)26-25(29-24(22)27)28-19-17-15-13-11-9-7-5-2/h4-19H2,1-3H3. The minimum Gasteiger partial charge on any atom is -0.450 e. The second kappa shape index (κ2) is 14.6. The number of aryl methyl sites for hydroxylation is 2. The first kappa shape index (κ1) is 24.9. The third-order valence-electron chi connectivity index (χ3n) is 5.78. The van der Waals surface area contributed by atoms with Gasteiger partial charge < -0.3 is 9.15 Å². The van der Waals surface area contributed by atoms with Crippen molar-refractivity contribution in [3.05, 3.63) is 20.9 Å². The Morgan fingerprint density at radius 1 is 0.833 bits per heavy atom. The fourth-order valence-electron chi connectivity index (χ4n) is 3.86. The maximum absolute atomic E-state index is 12.5. The van der Waals surface area contributed by atoms with Crippen molar-refractivity contribution in [2.75, 3.05) is 6.61 Å². The first-order valence-electron chi connectivity index (χ1n) is 12.2. The topological polar surface area (TPSA) is 52.3 Å². The van der Waals surface area contributed by atoms with Crippen LogP contribution >= 0.6 is 11.3 Å². The number of rotatable bonds is 17. The van der Waals surface area contributed by atoms with E-state index in [4.69, 9.17) is 9.15 Å². The Labute approximate surface area is 186 Å². The van der Waals surface area contributed by atoms with Crippen molar-refractivity contribution in [2.45, 2.75) is 117 Å². The summed E-state index contributed by atoms with van der Waals surface area (Å²) in [7, 11) is 0. The van der Waals surface area contributed by atoms with E-state index in [9.17, 15) is 4.79 Å². The summed E-state index contributed by atoms with van der Waals surface area (Å²) < 4.78 is 11.0. The van der Waals surface area contributed by atoms with Crippen LogP contribution in [0.15, 0.2) is 9.21 Å². The molecule has 0 amide bonds. The van der Waals surface area contributed by atoms with Gasteiger partial charge in [-0.15, -0.1) is 11.3 Å². The molecule has 2 heterocycles. The van der Waals surface area contributed by atoms with Crippen LogP contribution in [0.5, 0.6) is 6.08 Å². The average molecular weight is 436 g/mol. The molecule has 170 valence electrons. The van der Waals surface area contributed by atoms with E-state index in [0.29, 0.717) is 12.0 Å². The van der Waals surface area contributed by atoms with Gasteiger partial charge >= 0.3 is 11.7 Å². The molecule has 0 radical (unpaired) electrons. The molecule has 5 heteroatoms. The molecule has 0 fully saturated rings. The van der Waals surface area contributed by atoms with E-state index in [1.54, 1.807) is 11.3 Å². The molecule has 4 nitrogen and oxygen atoms in total.